The Kier molecular flexibility index (Phi) is 6.39. The summed E-state index contributed by atoms with van der Waals surface area (Å²) in [5, 5.41) is 0. The highest BCUT2D eigenvalue weighted by Gasteiger charge is 2.04. The first-order valence-corrected chi connectivity index (χ1v) is 5.15. The molecule has 1 atom stereocenters. The van der Waals surface area contributed by atoms with Gasteiger partial charge in [0.05, 0.1) is 0 Å². The van der Waals surface area contributed by atoms with Crippen LogP contribution in [0.5, 0.6) is 0 Å². The summed E-state index contributed by atoms with van der Waals surface area (Å²) in [7, 11) is 1.15. The van der Waals surface area contributed by atoms with Crippen molar-refractivity contribution in [1.82, 2.24) is 0 Å². The fraction of sp³-hybridized carbons (Fsp3) is 0.500. The molecule has 72 valence electrons. The van der Waals surface area contributed by atoms with E-state index in [9.17, 15) is 0 Å². The van der Waals surface area contributed by atoms with E-state index < -0.39 is 0 Å². The Hall–Kier alpha value is -0.715. The van der Waals surface area contributed by atoms with Gasteiger partial charge in [-0.15, -0.1) is 5.47 Å². The zero-order valence-electron chi connectivity index (χ0n) is 9.43. The molecule has 0 bridgehead atoms. The van der Waals surface area contributed by atoms with Gasteiger partial charge in [0.25, 0.3) is 0 Å². The lowest BCUT2D eigenvalue weighted by atomic mass is 9.66. The molecule has 0 aromatic rings. The molecule has 1 unspecified atom stereocenters. The first kappa shape index (κ1) is 12.3. The van der Waals surface area contributed by atoms with Gasteiger partial charge in [-0.2, -0.15) is 0 Å². The molecule has 0 aromatic carbocycles. The lowest BCUT2D eigenvalue weighted by Gasteiger charge is -2.11. The van der Waals surface area contributed by atoms with Crippen LogP contribution in [0.1, 0.15) is 27.2 Å². The molecule has 0 N–H and O–H groups in total. The average molecular weight is 176 g/mol. The summed E-state index contributed by atoms with van der Waals surface area (Å²) in [4.78, 5) is 0. The zero-order chi connectivity index (χ0) is 10.3. The molecule has 1 heteroatoms. The van der Waals surface area contributed by atoms with E-state index in [0.29, 0.717) is 5.92 Å². The third-order valence-electron chi connectivity index (χ3n) is 2.45. The number of hydrogen-bond acceptors (Lipinski definition) is 0. The van der Waals surface area contributed by atoms with Crippen LogP contribution in [0.3, 0.4) is 0 Å². The Balaban J connectivity index is 4.55. The Morgan fingerprint density at radius 2 is 2.15 bits per heavy atom. The van der Waals surface area contributed by atoms with E-state index in [1.807, 2.05) is 6.08 Å². The highest BCUT2D eigenvalue weighted by Crippen LogP contribution is 2.15. The predicted octanol–water partition coefficient (Wildman–Crippen LogP) is 3.53. The molecule has 0 heterocycles. The maximum absolute atomic E-state index is 3.69. The monoisotopic (exact) mass is 176 g/mol. The van der Waals surface area contributed by atoms with Crippen LogP contribution in [0.4, 0.5) is 0 Å². The third kappa shape index (κ3) is 4.77. The summed E-state index contributed by atoms with van der Waals surface area (Å²) >= 11 is 0. The Morgan fingerprint density at radius 1 is 1.54 bits per heavy atom. The summed E-state index contributed by atoms with van der Waals surface area (Å²) in [6.45, 7) is 12.6. The van der Waals surface area contributed by atoms with Crippen LogP contribution in [0.25, 0.3) is 0 Å². The molecule has 0 aromatic heterocycles. The van der Waals surface area contributed by atoms with E-state index in [0.717, 1.165) is 7.28 Å². The van der Waals surface area contributed by atoms with Crippen LogP contribution in [0, 0.1) is 5.92 Å². The Labute approximate surface area is 83.7 Å². The molecule has 0 nitrogen and oxygen atoms in total. The fourth-order valence-electron chi connectivity index (χ4n) is 1.38. The Morgan fingerprint density at radius 3 is 2.54 bits per heavy atom. The van der Waals surface area contributed by atoms with Gasteiger partial charge in [-0.05, 0) is 12.8 Å². The molecule has 0 spiro atoms. The maximum atomic E-state index is 3.69. The second kappa shape index (κ2) is 6.76. The highest BCUT2D eigenvalue weighted by molar-refractivity contribution is 6.43. The number of allylic oxidation sites excluding steroid dienone is 5. The molecule has 0 aliphatic rings. The van der Waals surface area contributed by atoms with Crippen molar-refractivity contribution in [1.29, 1.82) is 0 Å². The van der Waals surface area contributed by atoms with Crippen molar-refractivity contribution in [3.05, 3.63) is 35.9 Å². The molecule has 0 saturated heterocycles. The van der Waals surface area contributed by atoms with Crippen LogP contribution in [-0.2, 0) is 0 Å². The average Bonchev–Trinajstić information content (AvgIpc) is 2.13. The lowest BCUT2D eigenvalue weighted by molar-refractivity contribution is 0.682. The van der Waals surface area contributed by atoms with Gasteiger partial charge >= 0.3 is 0 Å². The SMILES string of the molecule is C=C/C=C(C)\C=C(\BC)C(C)CC. The van der Waals surface area contributed by atoms with E-state index in [4.69, 9.17) is 0 Å². The largest absolute Gasteiger partial charge is 0.149 e. The van der Waals surface area contributed by atoms with Crippen LogP contribution in [0.2, 0.25) is 6.82 Å². The second-order valence-corrected chi connectivity index (χ2v) is 3.53. The van der Waals surface area contributed by atoms with Crippen molar-refractivity contribution in [3.8, 4) is 0 Å². The Bertz CT molecular complexity index is 211. The molecule has 0 aliphatic heterocycles. The molecule has 0 radical (unpaired) electrons. The highest BCUT2D eigenvalue weighted by atomic mass is 14.0. The van der Waals surface area contributed by atoms with Gasteiger partial charge in [0.1, 0.15) is 7.28 Å². The number of hydrogen-bond donors (Lipinski definition) is 0. The van der Waals surface area contributed by atoms with Gasteiger partial charge in [-0.25, -0.2) is 0 Å². The molecule has 0 saturated carbocycles. The van der Waals surface area contributed by atoms with Crippen molar-refractivity contribution in [2.24, 2.45) is 5.92 Å². The summed E-state index contributed by atoms with van der Waals surface area (Å²) in [6.07, 6.45) is 7.41. The molecule has 0 amide bonds. The fourth-order valence-corrected chi connectivity index (χ4v) is 1.38. The van der Waals surface area contributed by atoms with Crippen molar-refractivity contribution in [3.63, 3.8) is 0 Å². The molecule has 0 aliphatic carbocycles. The summed E-state index contributed by atoms with van der Waals surface area (Å²) in [6, 6.07) is 0. The zero-order valence-corrected chi connectivity index (χ0v) is 9.43. The van der Waals surface area contributed by atoms with E-state index in [1.54, 1.807) is 0 Å². The third-order valence-corrected chi connectivity index (χ3v) is 2.45. The molecular formula is C12H21B. The molecular weight excluding hydrogens is 155 g/mol. The standard InChI is InChI=1S/C12H21B/c1-6-8-10(3)9-12(13-5)11(4)7-2/h6,8-9,11,13H,1,7H2,2-5H3/b10-8-,12-9+. The van der Waals surface area contributed by atoms with Crippen molar-refractivity contribution < 1.29 is 0 Å². The van der Waals surface area contributed by atoms with Crippen LogP contribution < -0.4 is 0 Å². The normalized spacial score (nSPS) is 15.4. The van der Waals surface area contributed by atoms with Crippen LogP contribution >= 0.6 is 0 Å². The van der Waals surface area contributed by atoms with Crippen LogP contribution in [0.15, 0.2) is 35.9 Å². The minimum atomic E-state index is 0.707. The smallest absolute Gasteiger partial charge is 0.103 e. The summed E-state index contributed by atoms with van der Waals surface area (Å²) in [5.74, 6) is 0.707. The van der Waals surface area contributed by atoms with Gasteiger partial charge in [0.2, 0.25) is 0 Å². The van der Waals surface area contributed by atoms with E-state index in [2.05, 4.69) is 46.3 Å². The van der Waals surface area contributed by atoms with Gasteiger partial charge < -0.3 is 0 Å². The topological polar surface area (TPSA) is 0 Å². The summed E-state index contributed by atoms with van der Waals surface area (Å²) in [5.41, 5.74) is 2.84. The van der Waals surface area contributed by atoms with Gasteiger partial charge in [-0.1, -0.05) is 57.5 Å². The van der Waals surface area contributed by atoms with E-state index >= 15 is 0 Å². The molecule has 0 fully saturated rings. The molecule has 0 rings (SSSR count). The lowest BCUT2D eigenvalue weighted by Crippen LogP contribution is -2.03. The van der Waals surface area contributed by atoms with Gasteiger partial charge in [-0.3, -0.25) is 0 Å². The van der Waals surface area contributed by atoms with E-state index in [1.165, 1.54) is 17.5 Å². The van der Waals surface area contributed by atoms with Gasteiger partial charge in [0, 0.05) is 0 Å². The van der Waals surface area contributed by atoms with Crippen molar-refractivity contribution >= 4 is 7.28 Å². The predicted molar refractivity (Wildman–Crippen MR) is 64.5 cm³/mol. The number of rotatable bonds is 5. The second-order valence-electron chi connectivity index (χ2n) is 3.53. The maximum Gasteiger partial charge on any atom is 0.149 e. The quantitative estimate of drug-likeness (QED) is 0.444. The van der Waals surface area contributed by atoms with Crippen LogP contribution in [-0.4, -0.2) is 7.28 Å². The first-order chi connectivity index (χ1) is 6.15. The summed E-state index contributed by atoms with van der Waals surface area (Å²) < 4.78 is 0. The minimum Gasteiger partial charge on any atom is -0.103 e. The van der Waals surface area contributed by atoms with E-state index in [-0.39, 0.29) is 0 Å². The first-order valence-electron chi connectivity index (χ1n) is 5.15. The van der Waals surface area contributed by atoms with Crippen molar-refractivity contribution in [2.75, 3.05) is 0 Å². The van der Waals surface area contributed by atoms with Gasteiger partial charge in [0.15, 0.2) is 0 Å². The molecule has 13 heavy (non-hydrogen) atoms. The minimum absolute atomic E-state index is 0.707. The van der Waals surface area contributed by atoms with Crippen molar-refractivity contribution in [2.45, 2.75) is 34.0 Å².